The van der Waals surface area contributed by atoms with Gasteiger partial charge in [-0.15, -0.1) is 0 Å². The Bertz CT molecular complexity index is 697. The summed E-state index contributed by atoms with van der Waals surface area (Å²) in [6.07, 6.45) is 0.139. The van der Waals surface area contributed by atoms with E-state index in [1.165, 1.54) is 0 Å². The van der Waals surface area contributed by atoms with Gasteiger partial charge in [-0.2, -0.15) is 0 Å². The van der Waals surface area contributed by atoms with Crippen LogP contribution in [-0.2, 0) is 14.2 Å². The number of alkyl halides is 1. The zero-order valence-corrected chi connectivity index (χ0v) is 16.7. The molecule has 1 atom stereocenters. The fourth-order valence-electron chi connectivity index (χ4n) is 3.11. The Balaban J connectivity index is 1.75. The van der Waals surface area contributed by atoms with Crippen molar-refractivity contribution in [2.75, 3.05) is 65.0 Å². The van der Waals surface area contributed by atoms with Crippen LogP contribution in [0.3, 0.4) is 0 Å². The van der Waals surface area contributed by atoms with E-state index in [0.717, 1.165) is 5.69 Å². The minimum Gasteiger partial charge on any atom is -0.475 e. The summed E-state index contributed by atoms with van der Waals surface area (Å²) < 4.78 is 33.9. The molecule has 1 aromatic heterocycles. The molecule has 2 fully saturated rings. The number of hydrogen-bond donors (Lipinski definition) is 2. The van der Waals surface area contributed by atoms with Crippen molar-refractivity contribution in [1.29, 1.82) is 0 Å². The highest BCUT2D eigenvalue weighted by atomic mass is 19.1. The second-order valence-corrected chi connectivity index (χ2v) is 7.58. The molecule has 2 aliphatic heterocycles. The number of aliphatic hydroxyl groups is 1. The van der Waals surface area contributed by atoms with E-state index in [4.69, 9.17) is 24.1 Å². The standard InChI is InChI=1S/C19H28FN3O6/c1-13(7-24)21-17(25)15-3-4-16(23-5-14(6-23)26-2)18(22-15)29-11-19(8-27-9-19)10-28-12-20/h3-4,13-14,24H,5-12H2,1-2H3,(H,21,25)/t13-/m0/s1. The van der Waals surface area contributed by atoms with Crippen molar-refractivity contribution in [3.8, 4) is 5.88 Å². The molecule has 2 aliphatic rings. The molecule has 0 aromatic carbocycles. The number of anilines is 1. The van der Waals surface area contributed by atoms with Crippen LogP contribution in [0.15, 0.2) is 12.1 Å². The molecular formula is C19H28FN3O6. The first kappa shape index (κ1) is 21.7. The molecule has 0 bridgehead atoms. The van der Waals surface area contributed by atoms with E-state index < -0.39 is 18.2 Å². The maximum Gasteiger partial charge on any atom is 0.270 e. The number of halogens is 1. The number of carbonyl (C=O) groups is 1. The van der Waals surface area contributed by atoms with Crippen LogP contribution in [-0.4, -0.2) is 88.2 Å². The summed E-state index contributed by atoms with van der Waals surface area (Å²) in [4.78, 5) is 18.8. The lowest BCUT2D eigenvalue weighted by atomic mass is 9.88. The monoisotopic (exact) mass is 413 g/mol. The topological polar surface area (TPSA) is 102 Å². The number of amides is 1. The van der Waals surface area contributed by atoms with Crippen LogP contribution in [0.5, 0.6) is 5.88 Å². The fraction of sp³-hybridized carbons (Fsp3) is 0.684. The molecule has 2 saturated heterocycles. The minimum absolute atomic E-state index is 0.139. The van der Waals surface area contributed by atoms with Crippen LogP contribution < -0.4 is 15.0 Å². The van der Waals surface area contributed by atoms with Gasteiger partial charge in [0.15, 0.2) is 6.86 Å². The van der Waals surface area contributed by atoms with E-state index in [1.54, 1.807) is 26.2 Å². The predicted molar refractivity (Wildman–Crippen MR) is 102 cm³/mol. The van der Waals surface area contributed by atoms with Gasteiger partial charge in [-0.05, 0) is 19.1 Å². The van der Waals surface area contributed by atoms with Gasteiger partial charge in [-0.3, -0.25) is 4.79 Å². The number of methoxy groups -OCH3 is 1. The molecule has 2 N–H and O–H groups in total. The molecule has 9 nitrogen and oxygen atoms in total. The van der Waals surface area contributed by atoms with E-state index in [-0.39, 0.29) is 37.7 Å². The average molecular weight is 413 g/mol. The van der Waals surface area contributed by atoms with Crippen molar-refractivity contribution >= 4 is 11.6 Å². The zero-order valence-electron chi connectivity index (χ0n) is 16.7. The number of nitrogens with zero attached hydrogens (tertiary/aromatic N) is 2. The molecule has 10 heteroatoms. The fourth-order valence-corrected chi connectivity index (χ4v) is 3.11. The number of carbonyl (C=O) groups excluding carboxylic acids is 1. The van der Waals surface area contributed by atoms with Gasteiger partial charge in [0.1, 0.15) is 18.0 Å². The molecule has 3 heterocycles. The summed E-state index contributed by atoms with van der Waals surface area (Å²) in [5, 5.41) is 11.8. The Hall–Kier alpha value is -2.01. The van der Waals surface area contributed by atoms with Crippen LogP contribution in [0, 0.1) is 5.41 Å². The van der Waals surface area contributed by atoms with E-state index in [9.17, 15) is 9.18 Å². The molecule has 3 rings (SSSR count). The molecule has 1 amide bonds. The van der Waals surface area contributed by atoms with Crippen LogP contribution in [0.4, 0.5) is 10.1 Å². The van der Waals surface area contributed by atoms with Crippen molar-refractivity contribution in [1.82, 2.24) is 10.3 Å². The van der Waals surface area contributed by atoms with Crippen LogP contribution in [0.2, 0.25) is 0 Å². The van der Waals surface area contributed by atoms with E-state index in [0.29, 0.717) is 32.2 Å². The van der Waals surface area contributed by atoms with Crippen molar-refractivity contribution in [2.24, 2.45) is 5.41 Å². The minimum atomic E-state index is -0.865. The maximum atomic E-state index is 12.4. The number of hydrogen-bond acceptors (Lipinski definition) is 8. The Morgan fingerprint density at radius 3 is 2.79 bits per heavy atom. The highest BCUT2D eigenvalue weighted by Gasteiger charge is 2.41. The maximum absolute atomic E-state index is 12.4. The molecule has 0 radical (unpaired) electrons. The Morgan fingerprint density at radius 2 is 2.21 bits per heavy atom. The van der Waals surface area contributed by atoms with Crippen molar-refractivity contribution in [3.63, 3.8) is 0 Å². The van der Waals surface area contributed by atoms with Crippen molar-refractivity contribution in [2.45, 2.75) is 19.1 Å². The van der Waals surface area contributed by atoms with E-state index in [2.05, 4.69) is 15.2 Å². The number of pyridine rings is 1. The quantitative estimate of drug-likeness (QED) is 0.536. The van der Waals surface area contributed by atoms with E-state index in [1.807, 2.05) is 0 Å². The smallest absolute Gasteiger partial charge is 0.270 e. The first-order valence-electron chi connectivity index (χ1n) is 9.55. The van der Waals surface area contributed by atoms with Crippen LogP contribution in [0.1, 0.15) is 17.4 Å². The number of aromatic nitrogens is 1. The molecule has 29 heavy (non-hydrogen) atoms. The summed E-state index contributed by atoms with van der Waals surface area (Å²) in [7, 11) is 1.67. The highest BCUT2D eigenvalue weighted by molar-refractivity contribution is 5.93. The lowest BCUT2D eigenvalue weighted by Crippen LogP contribution is -2.52. The van der Waals surface area contributed by atoms with Gasteiger partial charge in [0.25, 0.3) is 5.91 Å². The largest absolute Gasteiger partial charge is 0.475 e. The summed E-state index contributed by atoms with van der Waals surface area (Å²) in [6.45, 7) is 3.28. The Morgan fingerprint density at radius 1 is 1.45 bits per heavy atom. The summed E-state index contributed by atoms with van der Waals surface area (Å²) in [5.74, 6) is -0.0841. The molecule has 162 valence electrons. The lowest BCUT2D eigenvalue weighted by Gasteiger charge is -2.42. The molecule has 0 spiro atoms. The molecule has 1 aromatic rings. The predicted octanol–water partition coefficient (Wildman–Crippen LogP) is 0.366. The first-order valence-corrected chi connectivity index (χ1v) is 9.55. The third-order valence-electron chi connectivity index (χ3n) is 5.06. The van der Waals surface area contributed by atoms with Gasteiger partial charge in [0.2, 0.25) is 5.88 Å². The third kappa shape index (κ3) is 5.13. The number of aliphatic hydroxyl groups excluding tert-OH is 1. The van der Waals surface area contributed by atoms with Gasteiger partial charge < -0.3 is 34.3 Å². The number of ether oxygens (including phenoxy) is 4. The SMILES string of the molecule is COC1CN(c2ccc(C(=O)N[C@@H](C)CO)nc2OCC2(COCF)COC2)C1. The van der Waals surface area contributed by atoms with Crippen LogP contribution >= 0.6 is 0 Å². The number of nitrogens with one attached hydrogen (secondary N) is 1. The third-order valence-corrected chi connectivity index (χ3v) is 5.06. The molecule has 0 saturated carbocycles. The lowest BCUT2D eigenvalue weighted by molar-refractivity contribution is -0.171. The van der Waals surface area contributed by atoms with Crippen molar-refractivity contribution < 1.29 is 33.2 Å². The van der Waals surface area contributed by atoms with Crippen molar-refractivity contribution in [3.05, 3.63) is 17.8 Å². The van der Waals surface area contributed by atoms with Gasteiger partial charge in [0, 0.05) is 26.2 Å². The normalized spacial score (nSPS) is 19.2. The molecular weight excluding hydrogens is 385 g/mol. The van der Waals surface area contributed by atoms with Crippen LogP contribution in [0.25, 0.3) is 0 Å². The zero-order chi connectivity index (χ0) is 20.9. The molecule has 0 aliphatic carbocycles. The second-order valence-electron chi connectivity index (χ2n) is 7.58. The second kappa shape index (κ2) is 9.66. The van der Waals surface area contributed by atoms with Gasteiger partial charge in [-0.25, -0.2) is 9.37 Å². The highest BCUT2D eigenvalue weighted by Crippen LogP contribution is 2.34. The Kier molecular flexibility index (Phi) is 7.23. The summed E-state index contributed by atoms with van der Waals surface area (Å²) >= 11 is 0. The number of rotatable bonds is 11. The first-order chi connectivity index (χ1) is 14.0. The van der Waals surface area contributed by atoms with Gasteiger partial charge in [-0.1, -0.05) is 0 Å². The molecule has 0 unspecified atom stereocenters. The summed E-state index contributed by atoms with van der Waals surface area (Å²) in [5.41, 5.74) is 0.511. The van der Waals surface area contributed by atoms with Gasteiger partial charge in [0.05, 0.1) is 37.9 Å². The van der Waals surface area contributed by atoms with E-state index >= 15 is 0 Å². The van der Waals surface area contributed by atoms with Gasteiger partial charge >= 0.3 is 0 Å². The summed E-state index contributed by atoms with van der Waals surface area (Å²) in [6, 6.07) is 3.02. The average Bonchev–Trinajstić information content (AvgIpc) is 2.66. The Labute approximate surface area is 169 Å².